The maximum atomic E-state index is 15.1. The van der Waals surface area contributed by atoms with Gasteiger partial charge in [-0.05, 0) is 54.5 Å². The van der Waals surface area contributed by atoms with Crippen LogP contribution in [0, 0.1) is 17.0 Å². The first kappa shape index (κ1) is 52.0. The largest absolute Gasteiger partial charge is 0.465 e. The Morgan fingerprint density at radius 2 is 1.46 bits per heavy atom. The summed E-state index contributed by atoms with van der Waals surface area (Å²) in [5.41, 5.74) is 1.64. The Morgan fingerprint density at radius 1 is 0.800 bits per heavy atom. The van der Waals surface area contributed by atoms with Gasteiger partial charge in [-0.15, -0.1) is 0 Å². The fourth-order valence-corrected chi connectivity index (χ4v) is 8.08. The molecule has 0 bridgehead atoms. The summed E-state index contributed by atoms with van der Waals surface area (Å²) in [6.45, 7) is 8.88. The third-order valence-corrected chi connectivity index (χ3v) is 11.3. The highest BCUT2D eigenvalue weighted by atomic mass is 32.2. The van der Waals surface area contributed by atoms with Crippen LogP contribution in [-0.4, -0.2) is 126 Å². The molecule has 1 atom stereocenters. The maximum Gasteiger partial charge on any atom is 0.404 e. The van der Waals surface area contributed by atoms with Crippen molar-refractivity contribution in [3.8, 4) is 11.1 Å². The molecule has 4 rings (SSSR count). The first-order valence-corrected chi connectivity index (χ1v) is 23.1. The van der Waals surface area contributed by atoms with Gasteiger partial charge in [0.2, 0.25) is 17.7 Å². The molecule has 2 heterocycles. The van der Waals surface area contributed by atoms with Gasteiger partial charge in [-0.1, -0.05) is 57.5 Å². The third kappa shape index (κ3) is 18.1. The molecule has 65 heavy (non-hydrogen) atoms. The fourth-order valence-electron chi connectivity index (χ4n) is 7.27. The molecule has 0 saturated heterocycles. The lowest BCUT2D eigenvalue weighted by molar-refractivity contribution is -0.137. The minimum atomic E-state index is -1.17. The Morgan fingerprint density at radius 3 is 2.11 bits per heavy atom. The highest BCUT2D eigenvalue weighted by Crippen LogP contribution is 2.41. The summed E-state index contributed by atoms with van der Waals surface area (Å²) in [4.78, 5) is 76.1. The number of ether oxygens (including phenoxy) is 2. The molecule has 0 fully saturated rings. The van der Waals surface area contributed by atoms with Gasteiger partial charge in [-0.3, -0.25) is 28.9 Å². The summed E-state index contributed by atoms with van der Waals surface area (Å²) in [5.74, 6) is -1.87. The van der Waals surface area contributed by atoms with Crippen LogP contribution in [0.1, 0.15) is 76.6 Å². The molecule has 1 aliphatic heterocycles. The molecule has 1 aliphatic rings. The number of thioether (sulfide) groups is 1. The van der Waals surface area contributed by atoms with Gasteiger partial charge in [-0.25, -0.2) is 13.6 Å². The van der Waals surface area contributed by atoms with Crippen molar-refractivity contribution in [2.75, 3.05) is 70.7 Å². The number of carboxylic acid groups (broad SMARTS) is 1. The average Bonchev–Trinajstić information content (AvgIpc) is 3.81. The summed E-state index contributed by atoms with van der Waals surface area (Å²) in [5, 5.41) is 17.2. The number of amides is 6. The van der Waals surface area contributed by atoms with E-state index in [1.807, 2.05) is 55.7 Å². The van der Waals surface area contributed by atoms with Gasteiger partial charge < -0.3 is 40.0 Å². The van der Waals surface area contributed by atoms with Gasteiger partial charge in [-0.2, -0.15) is 11.8 Å². The van der Waals surface area contributed by atoms with Crippen LogP contribution in [0.3, 0.4) is 0 Å². The third-order valence-electron chi connectivity index (χ3n) is 10.3. The number of unbranched alkanes of at least 4 members (excludes halogenated alkanes) is 2. The molecule has 0 aliphatic carbocycles. The van der Waals surface area contributed by atoms with Gasteiger partial charge in [0.1, 0.15) is 11.6 Å². The van der Waals surface area contributed by atoms with E-state index in [9.17, 15) is 38.3 Å². The van der Waals surface area contributed by atoms with Crippen LogP contribution in [0.25, 0.3) is 11.1 Å². The normalized spacial score (nSPS) is 13.0. The van der Waals surface area contributed by atoms with E-state index in [0.717, 1.165) is 30.2 Å². The predicted octanol–water partition coefficient (Wildman–Crippen LogP) is 5.93. The van der Waals surface area contributed by atoms with E-state index in [2.05, 4.69) is 16.0 Å². The number of nitrogens with zero attached hydrogens (tertiary/aromatic N) is 3. The van der Waals surface area contributed by atoms with Crippen molar-refractivity contribution in [1.82, 2.24) is 30.3 Å². The molecule has 1 unspecified atom stereocenters. The second kappa shape index (κ2) is 27.0. The van der Waals surface area contributed by atoms with Crippen molar-refractivity contribution < 1.29 is 52.1 Å². The molecular formula is C47H62F2N6O9S. The summed E-state index contributed by atoms with van der Waals surface area (Å²) < 4.78 is 42.5. The van der Waals surface area contributed by atoms with Crippen LogP contribution < -0.4 is 16.0 Å². The zero-order valence-electron chi connectivity index (χ0n) is 37.5. The molecule has 2 aromatic carbocycles. The van der Waals surface area contributed by atoms with E-state index in [1.54, 1.807) is 17.2 Å². The van der Waals surface area contributed by atoms with Gasteiger partial charge >= 0.3 is 6.09 Å². The smallest absolute Gasteiger partial charge is 0.404 e. The van der Waals surface area contributed by atoms with E-state index < -0.39 is 29.2 Å². The number of halogens is 2. The Hall–Kier alpha value is -5.59. The zero-order chi connectivity index (χ0) is 47.2. The van der Waals surface area contributed by atoms with Crippen LogP contribution in [-0.2, 0) is 40.0 Å². The summed E-state index contributed by atoms with van der Waals surface area (Å²) >= 11 is 1.31. The molecular weight excluding hydrogens is 863 g/mol. The molecule has 354 valence electrons. The van der Waals surface area contributed by atoms with Gasteiger partial charge in [0.15, 0.2) is 0 Å². The molecule has 3 aromatic rings. The molecule has 15 nitrogen and oxygen atoms in total. The molecule has 6 amide bonds. The molecule has 18 heteroatoms. The van der Waals surface area contributed by atoms with E-state index in [1.165, 1.54) is 28.8 Å². The first-order chi connectivity index (χ1) is 31.1. The predicted molar refractivity (Wildman–Crippen MR) is 244 cm³/mol. The number of hydrogen-bond acceptors (Lipinski definition) is 9. The minimum Gasteiger partial charge on any atom is -0.465 e. The quantitative estimate of drug-likeness (QED) is 0.0480. The lowest BCUT2D eigenvalue weighted by Crippen LogP contribution is -2.44. The number of hydrogen-bond donors (Lipinski definition) is 4. The van der Waals surface area contributed by atoms with E-state index in [-0.39, 0.29) is 73.5 Å². The Kier molecular flexibility index (Phi) is 21.6. The molecule has 4 N–H and O–H groups in total. The van der Waals surface area contributed by atoms with Crippen LogP contribution in [0.15, 0.2) is 72.9 Å². The summed E-state index contributed by atoms with van der Waals surface area (Å²) in [6.07, 6.45) is 5.95. The maximum absolute atomic E-state index is 15.1. The van der Waals surface area contributed by atoms with E-state index in [4.69, 9.17) is 9.47 Å². The number of carbonyl (C=O) groups is 6. The van der Waals surface area contributed by atoms with E-state index >= 15 is 4.39 Å². The number of nitrogens with one attached hydrogen (secondary N) is 3. The Balaban J connectivity index is 1.20. The SMILES string of the molecule is CC(C)(C)C(c1cc(-c2cc(F)ccc2F)cn1Cc1ccccc1)N(CCCNC(=O)O)C(=O)CSCCC(=O)NCCOCCOCCNC(=O)CCCCCN1C(=O)C=CC1=O. The monoisotopic (exact) mass is 924 g/mol. The standard InChI is InChI=1S/C47H62F2N6O9S/c1-47(2,3)45(39-29-35(37-30-36(48)14-15-38(37)49)32-53(39)31-34-11-6-4-7-12-34)55(23-10-19-52-46(61)62)44(60)33-65-28-18-41(57)51-21-25-64-27-26-63-24-20-50-40(56)13-8-5-9-22-54-42(58)16-17-43(54)59/h4,6-7,11-12,14-17,29-30,32,45,52H,5,8-10,13,18-28,31,33H2,1-3H3,(H,50,56)(H,51,57)(H,61,62). The van der Waals surface area contributed by atoms with Crippen LogP contribution >= 0.6 is 11.8 Å². The van der Waals surface area contributed by atoms with Crippen LogP contribution in [0.4, 0.5) is 13.6 Å². The highest BCUT2D eigenvalue weighted by Gasteiger charge is 2.37. The summed E-state index contributed by atoms with van der Waals surface area (Å²) in [6, 6.07) is 14.2. The lowest BCUT2D eigenvalue weighted by atomic mass is 9.83. The van der Waals surface area contributed by atoms with Crippen molar-refractivity contribution in [2.24, 2.45) is 5.41 Å². The van der Waals surface area contributed by atoms with Gasteiger partial charge in [0.05, 0.1) is 38.2 Å². The molecule has 0 radical (unpaired) electrons. The van der Waals surface area contributed by atoms with Crippen LogP contribution in [0.2, 0.25) is 0 Å². The highest BCUT2D eigenvalue weighted by molar-refractivity contribution is 7.99. The first-order valence-electron chi connectivity index (χ1n) is 21.9. The Labute approximate surface area is 383 Å². The van der Waals surface area contributed by atoms with Crippen molar-refractivity contribution in [3.63, 3.8) is 0 Å². The number of benzene rings is 2. The van der Waals surface area contributed by atoms with Crippen molar-refractivity contribution >= 4 is 47.4 Å². The Bertz CT molecular complexity index is 2060. The summed E-state index contributed by atoms with van der Waals surface area (Å²) in [7, 11) is 0. The number of carbonyl (C=O) groups excluding carboxylic acids is 5. The number of imide groups is 1. The molecule has 1 aromatic heterocycles. The molecule has 0 spiro atoms. The fraction of sp³-hybridized carbons (Fsp3) is 0.489. The number of aromatic nitrogens is 1. The lowest BCUT2D eigenvalue weighted by Gasteiger charge is -2.41. The van der Waals surface area contributed by atoms with E-state index in [0.29, 0.717) is 82.1 Å². The average molecular weight is 925 g/mol. The van der Waals surface area contributed by atoms with Crippen LogP contribution in [0.5, 0.6) is 0 Å². The number of rotatable bonds is 29. The second-order valence-corrected chi connectivity index (χ2v) is 17.6. The van der Waals surface area contributed by atoms with Crippen molar-refractivity contribution in [2.45, 2.75) is 71.9 Å². The zero-order valence-corrected chi connectivity index (χ0v) is 38.3. The topological polar surface area (TPSA) is 189 Å². The van der Waals surface area contributed by atoms with Gasteiger partial charge in [0, 0.05) is 93.0 Å². The second-order valence-electron chi connectivity index (χ2n) is 16.5. The van der Waals surface area contributed by atoms with Crippen molar-refractivity contribution in [3.05, 3.63) is 95.8 Å². The van der Waals surface area contributed by atoms with Gasteiger partial charge in [0.25, 0.3) is 11.8 Å². The van der Waals surface area contributed by atoms with Crippen molar-refractivity contribution in [1.29, 1.82) is 0 Å². The minimum absolute atomic E-state index is 0.0507. The molecule has 0 saturated carbocycles.